The number of rotatable bonds is 2. The molecule has 0 saturated heterocycles. The average Bonchev–Trinajstić information content (AvgIpc) is 2.69. The van der Waals surface area contributed by atoms with Gasteiger partial charge in [0, 0.05) is 6.07 Å². The van der Waals surface area contributed by atoms with E-state index < -0.39 is 5.82 Å². The molecule has 0 spiro atoms. The number of fused-ring (bicyclic) bond motifs is 1. The first kappa shape index (κ1) is 11.1. The van der Waals surface area contributed by atoms with Gasteiger partial charge in [-0.1, -0.05) is 22.9 Å². The Hall–Kier alpha value is -1.41. The van der Waals surface area contributed by atoms with E-state index >= 15 is 0 Å². The number of hydrogen-bond acceptors (Lipinski definition) is 3. The zero-order chi connectivity index (χ0) is 11.7. The fraction of sp³-hybridized carbons (Fsp3) is 0.273. The molecule has 0 aliphatic heterocycles. The molecule has 0 amide bonds. The number of alkyl halides is 1. The van der Waals surface area contributed by atoms with E-state index in [9.17, 15) is 4.39 Å². The van der Waals surface area contributed by atoms with Crippen molar-refractivity contribution in [3.8, 4) is 6.07 Å². The molecule has 1 unspecified atom stereocenters. The highest BCUT2D eigenvalue weighted by molar-refractivity contribution is 9.09. The van der Waals surface area contributed by atoms with Crippen LogP contribution in [0.5, 0.6) is 0 Å². The molecule has 1 aromatic heterocycles. The van der Waals surface area contributed by atoms with Crippen LogP contribution in [0.25, 0.3) is 11.1 Å². The number of aromatic nitrogens is 1. The highest BCUT2D eigenvalue weighted by atomic mass is 79.9. The van der Waals surface area contributed by atoms with Gasteiger partial charge < -0.3 is 4.42 Å². The summed E-state index contributed by atoms with van der Waals surface area (Å²) in [5, 5.41) is 8.68. The molecule has 16 heavy (non-hydrogen) atoms. The van der Waals surface area contributed by atoms with Gasteiger partial charge in [0.05, 0.1) is 10.4 Å². The first-order chi connectivity index (χ1) is 7.65. The normalized spacial score (nSPS) is 12.6. The van der Waals surface area contributed by atoms with Crippen molar-refractivity contribution in [1.82, 2.24) is 4.98 Å². The third kappa shape index (κ3) is 1.81. The van der Waals surface area contributed by atoms with Crippen molar-refractivity contribution in [3.05, 3.63) is 29.4 Å². The predicted molar refractivity (Wildman–Crippen MR) is 60.6 cm³/mol. The van der Waals surface area contributed by atoms with Crippen LogP contribution in [0.2, 0.25) is 0 Å². The molecule has 0 N–H and O–H groups in total. The van der Waals surface area contributed by atoms with Crippen LogP contribution in [0, 0.1) is 17.1 Å². The smallest absolute Gasteiger partial charge is 0.209 e. The van der Waals surface area contributed by atoms with Gasteiger partial charge >= 0.3 is 0 Å². The van der Waals surface area contributed by atoms with Gasteiger partial charge in [-0.15, -0.1) is 0 Å². The largest absolute Gasteiger partial charge is 0.439 e. The lowest BCUT2D eigenvalue weighted by Gasteiger charge is -1.97. The summed E-state index contributed by atoms with van der Waals surface area (Å²) in [6.07, 6.45) is 0.820. The molecule has 1 atom stereocenters. The van der Waals surface area contributed by atoms with Crippen LogP contribution in [0.4, 0.5) is 4.39 Å². The van der Waals surface area contributed by atoms with Gasteiger partial charge in [-0.25, -0.2) is 9.37 Å². The quantitative estimate of drug-likeness (QED) is 0.790. The summed E-state index contributed by atoms with van der Waals surface area (Å²) in [4.78, 5) is 4.21. The minimum absolute atomic E-state index is 0.00787. The van der Waals surface area contributed by atoms with Crippen LogP contribution in [-0.4, -0.2) is 4.98 Å². The maximum Gasteiger partial charge on any atom is 0.209 e. The highest BCUT2D eigenvalue weighted by Crippen LogP contribution is 2.29. The fourth-order valence-corrected chi connectivity index (χ4v) is 1.56. The second-order valence-electron chi connectivity index (χ2n) is 3.34. The molecule has 2 aromatic rings. The number of hydrogen-bond donors (Lipinski definition) is 0. The number of nitrogens with zero attached hydrogens (tertiary/aromatic N) is 2. The van der Waals surface area contributed by atoms with Crippen LogP contribution >= 0.6 is 15.9 Å². The van der Waals surface area contributed by atoms with Crippen molar-refractivity contribution in [2.45, 2.75) is 18.2 Å². The number of benzene rings is 1. The van der Waals surface area contributed by atoms with E-state index in [2.05, 4.69) is 20.9 Å². The van der Waals surface area contributed by atoms with E-state index in [0.717, 1.165) is 6.42 Å². The van der Waals surface area contributed by atoms with E-state index in [4.69, 9.17) is 9.68 Å². The van der Waals surface area contributed by atoms with Crippen molar-refractivity contribution >= 4 is 27.0 Å². The molecule has 82 valence electrons. The van der Waals surface area contributed by atoms with E-state index in [1.165, 1.54) is 12.1 Å². The van der Waals surface area contributed by atoms with Gasteiger partial charge in [0.2, 0.25) is 5.89 Å². The zero-order valence-electron chi connectivity index (χ0n) is 8.50. The second kappa shape index (κ2) is 4.22. The molecule has 3 nitrogen and oxygen atoms in total. The van der Waals surface area contributed by atoms with E-state index in [-0.39, 0.29) is 10.4 Å². The molecule has 0 aliphatic carbocycles. The number of nitriles is 1. The van der Waals surface area contributed by atoms with Gasteiger partial charge in [-0.2, -0.15) is 5.26 Å². The van der Waals surface area contributed by atoms with Crippen molar-refractivity contribution in [2.24, 2.45) is 0 Å². The minimum Gasteiger partial charge on any atom is -0.439 e. The summed E-state index contributed by atoms with van der Waals surface area (Å²) >= 11 is 3.40. The van der Waals surface area contributed by atoms with Gasteiger partial charge in [-0.05, 0) is 12.5 Å². The van der Waals surface area contributed by atoms with Crippen LogP contribution in [0.3, 0.4) is 0 Å². The molecule has 0 fully saturated rings. The van der Waals surface area contributed by atoms with Crippen molar-refractivity contribution < 1.29 is 8.81 Å². The Morgan fingerprint density at radius 2 is 2.38 bits per heavy atom. The summed E-state index contributed by atoms with van der Waals surface area (Å²) in [7, 11) is 0. The lowest BCUT2D eigenvalue weighted by Crippen LogP contribution is -1.86. The Morgan fingerprint density at radius 3 is 3.00 bits per heavy atom. The third-order valence-corrected chi connectivity index (χ3v) is 3.28. The van der Waals surface area contributed by atoms with Gasteiger partial charge in [0.25, 0.3) is 0 Å². The molecule has 1 heterocycles. The van der Waals surface area contributed by atoms with Gasteiger partial charge in [-0.3, -0.25) is 0 Å². The molecular formula is C11H8BrFN2O. The molecule has 0 bridgehead atoms. The third-order valence-electron chi connectivity index (χ3n) is 2.24. The number of halogens is 2. The van der Waals surface area contributed by atoms with Crippen LogP contribution in [-0.2, 0) is 0 Å². The van der Waals surface area contributed by atoms with Gasteiger partial charge in [0.15, 0.2) is 5.58 Å². The summed E-state index contributed by atoms with van der Waals surface area (Å²) in [5.41, 5.74) is 0.852. The van der Waals surface area contributed by atoms with Crippen LogP contribution in [0.1, 0.15) is 29.6 Å². The van der Waals surface area contributed by atoms with E-state index in [0.29, 0.717) is 17.0 Å². The predicted octanol–water partition coefficient (Wildman–Crippen LogP) is 3.68. The van der Waals surface area contributed by atoms with Crippen LogP contribution < -0.4 is 0 Å². The maximum absolute atomic E-state index is 13.3. The first-order valence-electron chi connectivity index (χ1n) is 4.79. The van der Waals surface area contributed by atoms with E-state index in [1.807, 2.05) is 6.92 Å². The van der Waals surface area contributed by atoms with Gasteiger partial charge in [0.1, 0.15) is 17.4 Å². The Balaban J connectivity index is 2.59. The monoisotopic (exact) mass is 282 g/mol. The molecule has 0 aliphatic rings. The maximum atomic E-state index is 13.3. The van der Waals surface area contributed by atoms with Crippen molar-refractivity contribution in [1.29, 1.82) is 5.26 Å². The first-order valence-corrected chi connectivity index (χ1v) is 5.71. The molecule has 2 rings (SSSR count). The lowest BCUT2D eigenvalue weighted by molar-refractivity contribution is 0.520. The second-order valence-corrected chi connectivity index (χ2v) is 4.44. The molecule has 0 saturated carbocycles. The minimum atomic E-state index is -0.583. The van der Waals surface area contributed by atoms with Crippen molar-refractivity contribution in [3.63, 3.8) is 0 Å². The topological polar surface area (TPSA) is 49.8 Å². The van der Waals surface area contributed by atoms with Crippen molar-refractivity contribution in [2.75, 3.05) is 0 Å². The summed E-state index contributed by atoms with van der Waals surface area (Å²) in [5.74, 6) is -0.0766. The Kier molecular flexibility index (Phi) is 2.92. The fourth-order valence-electron chi connectivity index (χ4n) is 1.36. The molecular weight excluding hydrogens is 275 g/mol. The highest BCUT2D eigenvalue weighted by Gasteiger charge is 2.15. The Labute approximate surface area is 100 Å². The standard InChI is InChI=1S/C11H8BrFN2O/c1-2-7(12)11-15-9-3-6(5-14)8(13)4-10(9)16-11/h3-4,7H,2H2,1H3. The SMILES string of the molecule is CCC(Br)c1nc2cc(C#N)c(F)cc2o1. The molecule has 0 radical (unpaired) electrons. The average molecular weight is 283 g/mol. The summed E-state index contributed by atoms with van der Waals surface area (Å²) in [6.45, 7) is 1.98. The lowest BCUT2D eigenvalue weighted by atomic mass is 10.2. The Bertz CT molecular complexity index is 573. The number of oxazole rings is 1. The molecule has 5 heteroatoms. The molecule has 1 aromatic carbocycles. The summed E-state index contributed by atoms with van der Waals surface area (Å²) < 4.78 is 18.7. The van der Waals surface area contributed by atoms with Crippen LogP contribution in [0.15, 0.2) is 16.5 Å². The zero-order valence-corrected chi connectivity index (χ0v) is 10.1. The summed E-state index contributed by atoms with van der Waals surface area (Å²) in [6, 6.07) is 4.36. The Morgan fingerprint density at radius 1 is 1.62 bits per heavy atom. The van der Waals surface area contributed by atoms with E-state index in [1.54, 1.807) is 6.07 Å².